The molecule has 0 amide bonds. The molecule has 0 radical (unpaired) electrons. The molecule has 0 aliphatic heterocycles. The van der Waals surface area contributed by atoms with Gasteiger partial charge in [-0.3, -0.25) is 0 Å². The zero-order valence-electron chi connectivity index (χ0n) is 10.1. The van der Waals surface area contributed by atoms with Gasteiger partial charge in [0.15, 0.2) is 5.82 Å². The number of aromatic nitrogens is 4. The second-order valence-electron chi connectivity index (χ2n) is 4.64. The van der Waals surface area contributed by atoms with Crippen molar-refractivity contribution in [1.82, 2.24) is 25.5 Å². The Bertz CT molecular complexity index is 292. The molecule has 1 rings (SSSR count). The van der Waals surface area contributed by atoms with Crippen LogP contribution in [0.4, 0.5) is 0 Å². The number of hydrogen-bond donors (Lipinski definition) is 1. The van der Waals surface area contributed by atoms with Gasteiger partial charge < -0.3 is 5.32 Å². The maximum absolute atomic E-state index is 4.20. The average molecular weight is 211 g/mol. The van der Waals surface area contributed by atoms with Gasteiger partial charge in [0.25, 0.3) is 0 Å². The molecular formula is C10H21N5. The third-order valence-corrected chi connectivity index (χ3v) is 2.41. The lowest BCUT2D eigenvalue weighted by Gasteiger charge is -2.22. The standard InChI is InChI=1S/C10H21N5/c1-5-11-7-6-10(2,3)8-9-12-14-15(4)13-9/h11H,5-8H2,1-4H3. The summed E-state index contributed by atoms with van der Waals surface area (Å²) in [5, 5.41) is 15.4. The summed E-state index contributed by atoms with van der Waals surface area (Å²) in [6.07, 6.45) is 2.01. The highest BCUT2D eigenvalue weighted by Gasteiger charge is 2.20. The van der Waals surface area contributed by atoms with Crippen molar-refractivity contribution >= 4 is 0 Å². The lowest BCUT2D eigenvalue weighted by molar-refractivity contribution is 0.319. The number of hydrogen-bond acceptors (Lipinski definition) is 4. The Kier molecular flexibility index (Phi) is 4.20. The van der Waals surface area contributed by atoms with E-state index in [0.29, 0.717) is 0 Å². The minimum Gasteiger partial charge on any atom is -0.317 e. The van der Waals surface area contributed by atoms with E-state index in [1.54, 1.807) is 7.05 Å². The fourth-order valence-corrected chi connectivity index (χ4v) is 1.51. The first-order chi connectivity index (χ1) is 7.03. The summed E-state index contributed by atoms with van der Waals surface area (Å²) in [4.78, 5) is 1.51. The zero-order chi connectivity index (χ0) is 11.3. The lowest BCUT2D eigenvalue weighted by Crippen LogP contribution is -2.24. The molecule has 0 saturated carbocycles. The summed E-state index contributed by atoms with van der Waals surface area (Å²) < 4.78 is 0. The van der Waals surface area contributed by atoms with E-state index in [0.717, 1.165) is 31.8 Å². The van der Waals surface area contributed by atoms with Gasteiger partial charge in [-0.15, -0.1) is 10.2 Å². The first kappa shape index (κ1) is 12.1. The third kappa shape index (κ3) is 4.38. The molecule has 1 heterocycles. The molecule has 1 aromatic rings. The quantitative estimate of drug-likeness (QED) is 0.706. The molecule has 5 heteroatoms. The van der Waals surface area contributed by atoms with Gasteiger partial charge >= 0.3 is 0 Å². The topological polar surface area (TPSA) is 55.6 Å². The molecule has 0 atom stereocenters. The van der Waals surface area contributed by atoms with E-state index < -0.39 is 0 Å². The zero-order valence-corrected chi connectivity index (χ0v) is 10.1. The van der Waals surface area contributed by atoms with Crippen molar-refractivity contribution in [3.63, 3.8) is 0 Å². The van der Waals surface area contributed by atoms with Crippen molar-refractivity contribution in [3.05, 3.63) is 5.82 Å². The molecule has 0 saturated heterocycles. The molecule has 1 N–H and O–H groups in total. The number of tetrazole rings is 1. The van der Waals surface area contributed by atoms with Crippen LogP contribution in [0.1, 0.15) is 33.0 Å². The van der Waals surface area contributed by atoms with Gasteiger partial charge in [-0.25, -0.2) is 0 Å². The van der Waals surface area contributed by atoms with Crippen LogP contribution < -0.4 is 5.32 Å². The minimum absolute atomic E-state index is 0.227. The van der Waals surface area contributed by atoms with E-state index in [1.807, 2.05) is 0 Å². The summed E-state index contributed by atoms with van der Waals surface area (Å²) in [7, 11) is 1.79. The molecule has 5 nitrogen and oxygen atoms in total. The Balaban J connectivity index is 2.41. The molecule has 0 bridgehead atoms. The summed E-state index contributed by atoms with van der Waals surface area (Å²) in [5.41, 5.74) is 0.227. The van der Waals surface area contributed by atoms with Crippen molar-refractivity contribution < 1.29 is 0 Å². The molecule has 0 fully saturated rings. The van der Waals surface area contributed by atoms with Crippen molar-refractivity contribution in [2.75, 3.05) is 13.1 Å². The van der Waals surface area contributed by atoms with E-state index in [-0.39, 0.29) is 5.41 Å². The SMILES string of the molecule is CCNCCC(C)(C)Cc1nnn(C)n1. The summed E-state index contributed by atoms with van der Waals surface area (Å²) in [6.45, 7) is 8.67. The third-order valence-electron chi connectivity index (χ3n) is 2.41. The number of rotatable bonds is 6. The van der Waals surface area contributed by atoms with E-state index in [2.05, 4.69) is 41.5 Å². The molecule has 15 heavy (non-hydrogen) atoms. The second kappa shape index (κ2) is 5.21. The molecule has 0 unspecified atom stereocenters. The average Bonchev–Trinajstić information content (AvgIpc) is 2.50. The first-order valence-corrected chi connectivity index (χ1v) is 5.47. The van der Waals surface area contributed by atoms with E-state index >= 15 is 0 Å². The van der Waals surface area contributed by atoms with Gasteiger partial charge in [0.1, 0.15) is 0 Å². The summed E-state index contributed by atoms with van der Waals surface area (Å²) in [5.74, 6) is 0.832. The molecule has 0 aliphatic rings. The normalized spacial score (nSPS) is 12.0. The smallest absolute Gasteiger partial charge is 0.175 e. The van der Waals surface area contributed by atoms with Crippen LogP contribution in [0, 0.1) is 5.41 Å². The van der Waals surface area contributed by atoms with Crippen LogP contribution in [0.3, 0.4) is 0 Å². The summed E-state index contributed by atoms with van der Waals surface area (Å²) in [6, 6.07) is 0. The fraction of sp³-hybridized carbons (Fsp3) is 0.900. The number of nitrogens with zero attached hydrogens (tertiary/aromatic N) is 4. The van der Waals surface area contributed by atoms with Crippen LogP contribution in [0.5, 0.6) is 0 Å². The van der Waals surface area contributed by atoms with Crippen LogP contribution in [0.2, 0.25) is 0 Å². The van der Waals surface area contributed by atoms with Gasteiger partial charge in [0.05, 0.1) is 7.05 Å². The van der Waals surface area contributed by atoms with Crippen LogP contribution >= 0.6 is 0 Å². The maximum Gasteiger partial charge on any atom is 0.175 e. The van der Waals surface area contributed by atoms with E-state index in [1.165, 1.54) is 4.80 Å². The molecule has 1 aromatic heterocycles. The van der Waals surface area contributed by atoms with Gasteiger partial charge in [0, 0.05) is 6.42 Å². The Labute approximate surface area is 91.2 Å². The van der Waals surface area contributed by atoms with Crippen molar-refractivity contribution in [3.8, 4) is 0 Å². The maximum atomic E-state index is 4.20. The Morgan fingerprint density at radius 1 is 1.40 bits per heavy atom. The molecule has 0 spiro atoms. The predicted octanol–water partition coefficient (Wildman–Crippen LogP) is 0.778. The van der Waals surface area contributed by atoms with Crippen LogP contribution in [-0.4, -0.2) is 33.3 Å². The van der Waals surface area contributed by atoms with Gasteiger partial charge in [0.2, 0.25) is 0 Å². The highest BCUT2D eigenvalue weighted by atomic mass is 15.6. The van der Waals surface area contributed by atoms with Gasteiger partial charge in [-0.2, -0.15) is 4.80 Å². The van der Waals surface area contributed by atoms with Gasteiger partial charge in [-0.1, -0.05) is 20.8 Å². The van der Waals surface area contributed by atoms with Crippen molar-refractivity contribution in [2.24, 2.45) is 12.5 Å². The Morgan fingerprint density at radius 3 is 2.67 bits per heavy atom. The van der Waals surface area contributed by atoms with Crippen LogP contribution in [0.15, 0.2) is 0 Å². The fourth-order valence-electron chi connectivity index (χ4n) is 1.51. The first-order valence-electron chi connectivity index (χ1n) is 5.47. The largest absolute Gasteiger partial charge is 0.317 e. The highest BCUT2D eigenvalue weighted by molar-refractivity contribution is 4.86. The van der Waals surface area contributed by atoms with Crippen LogP contribution in [-0.2, 0) is 13.5 Å². The second-order valence-corrected chi connectivity index (χ2v) is 4.64. The molecule has 0 aromatic carbocycles. The number of nitrogens with one attached hydrogen (secondary N) is 1. The lowest BCUT2D eigenvalue weighted by atomic mass is 9.85. The Hall–Kier alpha value is -0.970. The number of aryl methyl sites for hydroxylation is 1. The van der Waals surface area contributed by atoms with E-state index in [9.17, 15) is 0 Å². The minimum atomic E-state index is 0.227. The molecule has 86 valence electrons. The molecular weight excluding hydrogens is 190 g/mol. The van der Waals surface area contributed by atoms with Crippen molar-refractivity contribution in [2.45, 2.75) is 33.6 Å². The van der Waals surface area contributed by atoms with Gasteiger partial charge in [-0.05, 0) is 30.1 Å². The highest BCUT2D eigenvalue weighted by Crippen LogP contribution is 2.23. The van der Waals surface area contributed by atoms with Crippen molar-refractivity contribution in [1.29, 1.82) is 0 Å². The monoisotopic (exact) mass is 211 g/mol. The summed E-state index contributed by atoms with van der Waals surface area (Å²) >= 11 is 0. The van der Waals surface area contributed by atoms with Crippen LogP contribution in [0.25, 0.3) is 0 Å². The molecule has 0 aliphatic carbocycles. The van der Waals surface area contributed by atoms with E-state index in [4.69, 9.17) is 0 Å². The predicted molar refractivity (Wildman–Crippen MR) is 59.4 cm³/mol. The Morgan fingerprint density at radius 2 is 2.13 bits per heavy atom.